The summed E-state index contributed by atoms with van der Waals surface area (Å²) in [4.78, 5) is 11.7. The van der Waals surface area contributed by atoms with Crippen LogP contribution in [-0.2, 0) is 0 Å². The van der Waals surface area contributed by atoms with Crippen LogP contribution >= 0.6 is 0 Å². The number of amidine groups is 1. The highest BCUT2D eigenvalue weighted by Gasteiger charge is 2.27. The number of nitrogens with zero attached hydrogens (tertiary/aromatic N) is 1. The van der Waals surface area contributed by atoms with Crippen LogP contribution in [0.25, 0.3) is 0 Å². The molecule has 104 valence electrons. The molecule has 4 N–H and O–H groups in total. The summed E-state index contributed by atoms with van der Waals surface area (Å²) in [6.45, 7) is 2.83. The fourth-order valence-electron chi connectivity index (χ4n) is 1.23. The predicted octanol–water partition coefficient (Wildman–Crippen LogP) is 1.36. The van der Waals surface area contributed by atoms with E-state index >= 15 is 0 Å². The normalized spacial score (nSPS) is 12.4. The minimum Gasteiger partial charge on any atom is -0.409 e. The van der Waals surface area contributed by atoms with Crippen LogP contribution in [0.4, 0.5) is 13.2 Å². The highest BCUT2D eigenvalue weighted by molar-refractivity contribution is 5.99. The lowest BCUT2D eigenvalue weighted by Crippen LogP contribution is -2.53. The summed E-state index contributed by atoms with van der Waals surface area (Å²) in [5.41, 5.74) is 3.67. The van der Waals surface area contributed by atoms with E-state index in [0.717, 1.165) is 0 Å². The Labute approximate surface area is 106 Å². The molecular formula is C11H12F3N3O2. The van der Waals surface area contributed by atoms with Crippen molar-refractivity contribution in [2.75, 3.05) is 0 Å². The van der Waals surface area contributed by atoms with Gasteiger partial charge in [-0.05, 0) is 26.0 Å². The van der Waals surface area contributed by atoms with Gasteiger partial charge in [-0.25, -0.2) is 13.2 Å². The summed E-state index contributed by atoms with van der Waals surface area (Å²) in [7, 11) is 0. The van der Waals surface area contributed by atoms with Crippen molar-refractivity contribution < 1.29 is 23.2 Å². The lowest BCUT2D eigenvalue weighted by Gasteiger charge is -2.24. The molecule has 8 heteroatoms. The van der Waals surface area contributed by atoms with Crippen LogP contribution in [0, 0.1) is 17.5 Å². The minimum atomic E-state index is -1.66. The summed E-state index contributed by atoms with van der Waals surface area (Å²) >= 11 is 0. The predicted molar refractivity (Wildman–Crippen MR) is 61.3 cm³/mol. The van der Waals surface area contributed by atoms with E-state index in [0.29, 0.717) is 12.1 Å². The van der Waals surface area contributed by atoms with Gasteiger partial charge < -0.3 is 16.3 Å². The van der Waals surface area contributed by atoms with Crippen LogP contribution in [-0.4, -0.2) is 22.5 Å². The number of nitrogens with one attached hydrogen (secondary N) is 1. The molecule has 1 amide bonds. The van der Waals surface area contributed by atoms with Crippen molar-refractivity contribution in [2.24, 2.45) is 10.9 Å². The first kappa shape index (κ1) is 14.8. The smallest absolute Gasteiger partial charge is 0.252 e. The van der Waals surface area contributed by atoms with Gasteiger partial charge in [0.05, 0.1) is 5.54 Å². The molecule has 0 saturated carbocycles. The average molecular weight is 275 g/mol. The van der Waals surface area contributed by atoms with Gasteiger partial charge in [-0.15, -0.1) is 0 Å². The molecule has 0 unspecified atom stereocenters. The Balaban J connectivity index is 3.03. The molecule has 0 bridgehead atoms. The first-order valence-corrected chi connectivity index (χ1v) is 5.14. The second kappa shape index (κ2) is 5.17. The summed E-state index contributed by atoms with van der Waals surface area (Å²) in [5, 5.41) is 13.5. The van der Waals surface area contributed by atoms with Gasteiger partial charge in [-0.3, -0.25) is 4.79 Å². The molecule has 0 spiro atoms. The Hall–Kier alpha value is -2.25. The van der Waals surface area contributed by atoms with Crippen molar-refractivity contribution in [3.63, 3.8) is 0 Å². The van der Waals surface area contributed by atoms with E-state index in [1.54, 1.807) is 0 Å². The summed E-state index contributed by atoms with van der Waals surface area (Å²) in [6.07, 6.45) is 0. The molecule has 0 fully saturated rings. The summed E-state index contributed by atoms with van der Waals surface area (Å²) < 4.78 is 38.7. The monoisotopic (exact) mass is 275 g/mol. The van der Waals surface area contributed by atoms with Crippen molar-refractivity contribution in [2.45, 2.75) is 19.4 Å². The highest BCUT2D eigenvalue weighted by atomic mass is 19.2. The Morgan fingerprint density at radius 1 is 1.32 bits per heavy atom. The Bertz CT molecular complexity index is 521. The Morgan fingerprint density at radius 3 is 2.21 bits per heavy atom. The topological polar surface area (TPSA) is 87.7 Å². The molecule has 1 aromatic carbocycles. The van der Waals surface area contributed by atoms with Crippen molar-refractivity contribution in [1.29, 1.82) is 0 Å². The van der Waals surface area contributed by atoms with E-state index in [-0.39, 0.29) is 5.84 Å². The largest absolute Gasteiger partial charge is 0.409 e. The fraction of sp³-hybridized carbons (Fsp3) is 0.273. The van der Waals surface area contributed by atoms with E-state index < -0.39 is 34.5 Å². The van der Waals surface area contributed by atoms with Crippen molar-refractivity contribution in [1.82, 2.24) is 5.32 Å². The van der Waals surface area contributed by atoms with Gasteiger partial charge in [0.25, 0.3) is 5.91 Å². The maximum Gasteiger partial charge on any atom is 0.252 e. The molecule has 1 rings (SSSR count). The third-order valence-electron chi connectivity index (χ3n) is 2.42. The van der Waals surface area contributed by atoms with Crippen LogP contribution in [0.5, 0.6) is 0 Å². The zero-order chi connectivity index (χ0) is 14.8. The molecule has 0 radical (unpaired) electrons. The molecule has 0 aromatic heterocycles. The first-order chi connectivity index (χ1) is 8.69. The zero-order valence-electron chi connectivity index (χ0n) is 10.2. The lowest BCUT2D eigenvalue weighted by atomic mass is 10.0. The number of oxime groups is 1. The number of carbonyl (C=O) groups is 1. The third-order valence-corrected chi connectivity index (χ3v) is 2.42. The number of rotatable bonds is 3. The summed E-state index contributed by atoms with van der Waals surface area (Å²) in [5.74, 6) is -5.82. The van der Waals surface area contributed by atoms with Gasteiger partial charge >= 0.3 is 0 Å². The van der Waals surface area contributed by atoms with Gasteiger partial charge in [0.1, 0.15) is 0 Å². The third kappa shape index (κ3) is 3.15. The molecule has 0 heterocycles. The van der Waals surface area contributed by atoms with Gasteiger partial charge in [-0.1, -0.05) is 5.16 Å². The van der Waals surface area contributed by atoms with Gasteiger partial charge in [0.2, 0.25) is 0 Å². The molecule has 0 aliphatic rings. The number of hydrogen-bond donors (Lipinski definition) is 3. The van der Waals surface area contributed by atoms with Crippen LogP contribution in [0.3, 0.4) is 0 Å². The standard InChI is InChI=1S/C11H12F3N3O2/c1-11(2,10(15)17-19)16-9(18)5-3-6(12)8(14)7(13)4-5/h3-4,19H,1-2H3,(H2,15,17)(H,16,18). The van der Waals surface area contributed by atoms with E-state index in [1.807, 2.05) is 0 Å². The van der Waals surface area contributed by atoms with E-state index in [1.165, 1.54) is 13.8 Å². The number of benzene rings is 1. The zero-order valence-corrected chi connectivity index (χ0v) is 10.2. The summed E-state index contributed by atoms with van der Waals surface area (Å²) in [6, 6.07) is 1.10. The van der Waals surface area contributed by atoms with Gasteiger partial charge in [-0.2, -0.15) is 0 Å². The van der Waals surface area contributed by atoms with Crippen molar-refractivity contribution in [3.8, 4) is 0 Å². The average Bonchev–Trinajstić information content (AvgIpc) is 2.33. The number of nitrogens with two attached hydrogens (primary N) is 1. The first-order valence-electron chi connectivity index (χ1n) is 5.14. The van der Waals surface area contributed by atoms with Crippen LogP contribution in [0.1, 0.15) is 24.2 Å². The van der Waals surface area contributed by atoms with E-state index in [9.17, 15) is 18.0 Å². The number of hydrogen-bond acceptors (Lipinski definition) is 3. The molecule has 0 aliphatic carbocycles. The molecular weight excluding hydrogens is 263 g/mol. The maximum atomic E-state index is 13.0. The number of amides is 1. The number of carbonyl (C=O) groups excluding carboxylic acids is 1. The number of halogens is 3. The van der Waals surface area contributed by atoms with Gasteiger partial charge in [0, 0.05) is 5.56 Å². The molecule has 5 nitrogen and oxygen atoms in total. The Kier molecular flexibility index (Phi) is 4.03. The van der Waals surface area contributed by atoms with Crippen LogP contribution in [0.15, 0.2) is 17.3 Å². The van der Waals surface area contributed by atoms with Gasteiger partial charge in [0.15, 0.2) is 23.3 Å². The lowest BCUT2D eigenvalue weighted by molar-refractivity contribution is 0.0929. The van der Waals surface area contributed by atoms with Crippen LogP contribution < -0.4 is 11.1 Å². The molecule has 19 heavy (non-hydrogen) atoms. The molecule has 0 atom stereocenters. The van der Waals surface area contributed by atoms with E-state index in [4.69, 9.17) is 10.9 Å². The SMILES string of the molecule is CC(C)(NC(=O)c1cc(F)c(F)c(F)c1)C(N)=NO. The van der Waals surface area contributed by atoms with Crippen molar-refractivity contribution in [3.05, 3.63) is 35.1 Å². The quantitative estimate of drug-likeness (QED) is 0.256. The highest BCUT2D eigenvalue weighted by Crippen LogP contribution is 2.14. The van der Waals surface area contributed by atoms with Crippen molar-refractivity contribution >= 4 is 11.7 Å². The second-order valence-electron chi connectivity index (χ2n) is 4.32. The second-order valence-corrected chi connectivity index (χ2v) is 4.32. The Morgan fingerprint density at radius 2 is 1.79 bits per heavy atom. The maximum absolute atomic E-state index is 13.0. The molecule has 0 saturated heterocycles. The fourth-order valence-corrected chi connectivity index (χ4v) is 1.23. The molecule has 0 aliphatic heterocycles. The van der Waals surface area contributed by atoms with Crippen LogP contribution in [0.2, 0.25) is 0 Å². The minimum absolute atomic E-state index is 0.302. The van der Waals surface area contributed by atoms with E-state index in [2.05, 4.69) is 10.5 Å². The molecule has 1 aromatic rings.